The summed E-state index contributed by atoms with van der Waals surface area (Å²) >= 11 is 5.85. The summed E-state index contributed by atoms with van der Waals surface area (Å²) in [7, 11) is -1.18. The maximum absolute atomic E-state index is 14.1. The molecule has 0 unspecified atom stereocenters. The summed E-state index contributed by atoms with van der Waals surface area (Å²) in [4.78, 5) is 15.0. The number of carbonyl (C=O) groups is 1. The number of pyridine rings is 1. The van der Waals surface area contributed by atoms with E-state index in [4.69, 9.17) is 16.3 Å². The van der Waals surface area contributed by atoms with Gasteiger partial charge in [0.05, 0.1) is 10.9 Å². The predicted octanol–water partition coefficient (Wildman–Crippen LogP) is 3.95. The van der Waals surface area contributed by atoms with E-state index in [1.54, 1.807) is 0 Å². The number of hydrogen-bond acceptors (Lipinski definition) is 3. The van der Waals surface area contributed by atoms with Gasteiger partial charge < -0.3 is 9.30 Å². The highest BCUT2D eigenvalue weighted by molar-refractivity contribution is 6.76. The lowest BCUT2D eigenvalue weighted by atomic mass is 10.3. The van der Waals surface area contributed by atoms with E-state index in [2.05, 4.69) is 24.6 Å². The molecule has 0 aliphatic rings. The molecule has 114 valence electrons. The third-order valence-electron chi connectivity index (χ3n) is 3.22. The number of ether oxygens (including phenoxy) is 1. The first kappa shape index (κ1) is 16.1. The molecule has 0 N–H and O–H groups in total. The van der Waals surface area contributed by atoms with Crippen LogP contribution in [0.4, 0.5) is 4.39 Å². The van der Waals surface area contributed by atoms with E-state index in [1.807, 2.05) is 0 Å². The monoisotopic (exact) mass is 328 g/mol. The van der Waals surface area contributed by atoms with Crippen molar-refractivity contribution in [2.24, 2.45) is 0 Å². The van der Waals surface area contributed by atoms with Crippen molar-refractivity contribution in [3.8, 4) is 0 Å². The molecule has 0 spiro atoms. The van der Waals surface area contributed by atoms with Crippen molar-refractivity contribution < 1.29 is 13.9 Å². The Labute approximate surface area is 128 Å². The molecule has 2 aromatic rings. The molecule has 0 saturated heterocycles. The number of rotatable bonds is 6. The van der Waals surface area contributed by atoms with Gasteiger partial charge >= 0.3 is 0 Å². The quantitative estimate of drug-likeness (QED) is 0.349. The van der Waals surface area contributed by atoms with Crippen LogP contribution in [0.3, 0.4) is 0 Å². The minimum atomic E-state index is -1.18. The van der Waals surface area contributed by atoms with Crippen LogP contribution in [-0.4, -0.2) is 30.5 Å². The summed E-state index contributed by atoms with van der Waals surface area (Å²) in [5.74, 6) is -0.585. The Bertz CT molecular complexity index is 667. The molecule has 0 aliphatic heterocycles. The Morgan fingerprint density at radius 1 is 1.48 bits per heavy atom. The predicted molar refractivity (Wildman–Crippen MR) is 84.2 cm³/mol. The zero-order valence-electron chi connectivity index (χ0n) is 12.3. The Morgan fingerprint density at radius 2 is 2.19 bits per heavy atom. The molecule has 0 fully saturated rings. The van der Waals surface area contributed by atoms with E-state index >= 15 is 0 Å². The molecule has 0 radical (unpaired) electrons. The molecule has 7 heteroatoms. The largest absolute Gasteiger partial charge is 0.361 e. The molecular weight excluding hydrogens is 311 g/mol. The van der Waals surface area contributed by atoms with Gasteiger partial charge in [0.2, 0.25) is 0 Å². The number of fused-ring (bicyclic) bond motifs is 1. The Morgan fingerprint density at radius 3 is 2.81 bits per heavy atom. The fraction of sp³-hybridized carbons (Fsp3) is 0.429. The van der Waals surface area contributed by atoms with Crippen molar-refractivity contribution in [2.75, 3.05) is 6.61 Å². The lowest BCUT2D eigenvalue weighted by Crippen LogP contribution is -2.22. The van der Waals surface area contributed by atoms with Gasteiger partial charge in [-0.3, -0.25) is 4.79 Å². The van der Waals surface area contributed by atoms with Gasteiger partial charge in [-0.2, -0.15) is 0 Å². The first-order valence-corrected chi connectivity index (χ1v) is 10.8. The van der Waals surface area contributed by atoms with Gasteiger partial charge in [-0.25, -0.2) is 9.37 Å². The van der Waals surface area contributed by atoms with Gasteiger partial charge in [0, 0.05) is 20.9 Å². The van der Waals surface area contributed by atoms with Crippen LogP contribution >= 0.6 is 11.6 Å². The van der Waals surface area contributed by atoms with Crippen molar-refractivity contribution in [1.29, 1.82) is 0 Å². The van der Waals surface area contributed by atoms with E-state index in [-0.39, 0.29) is 23.0 Å². The molecule has 0 saturated carbocycles. The summed E-state index contributed by atoms with van der Waals surface area (Å²) in [6.45, 7) is 7.48. The zero-order valence-corrected chi connectivity index (χ0v) is 14.1. The summed E-state index contributed by atoms with van der Waals surface area (Å²) in [5.41, 5.74) is 0.477. The molecule has 21 heavy (non-hydrogen) atoms. The maximum Gasteiger partial charge on any atom is 0.169 e. The maximum atomic E-state index is 14.1. The van der Waals surface area contributed by atoms with E-state index < -0.39 is 13.9 Å². The number of hydrogen-bond donors (Lipinski definition) is 0. The van der Waals surface area contributed by atoms with Crippen molar-refractivity contribution in [3.63, 3.8) is 0 Å². The minimum Gasteiger partial charge on any atom is -0.361 e. The van der Waals surface area contributed by atoms with Gasteiger partial charge in [-0.15, -0.1) is 0 Å². The number of halogens is 2. The van der Waals surface area contributed by atoms with E-state index in [9.17, 15) is 9.18 Å². The lowest BCUT2D eigenvalue weighted by molar-refractivity contribution is 0.0857. The Hall–Kier alpha value is -1.24. The molecule has 2 rings (SSSR count). The molecule has 2 heterocycles. The second kappa shape index (κ2) is 6.25. The number of carbonyl (C=O) groups excluding carboxylic acids is 1. The first-order valence-electron chi connectivity index (χ1n) is 6.69. The molecule has 0 bridgehead atoms. The second-order valence-electron chi connectivity index (χ2n) is 6.12. The molecule has 0 aromatic carbocycles. The van der Waals surface area contributed by atoms with Crippen LogP contribution in [0.5, 0.6) is 0 Å². The fourth-order valence-electron chi connectivity index (χ4n) is 1.99. The molecule has 0 aliphatic carbocycles. The zero-order chi connectivity index (χ0) is 15.6. The van der Waals surface area contributed by atoms with E-state index in [1.165, 1.54) is 16.8 Å². The van der Waals surface area contributed by atoms with Crippen LogP contribution in [0, 0.1) is 5.82 Å². The first-order chi connectivity index (χ1) is 9.83. The lowest BCUT2D eigenvalue weighted by Gasteiger charge is -2.16. The van der Waals surface area contributed by atoms with Gasteiger partial charge in [-0.1, -0.05) is 31.2 Å². The third-order valence-corrected chi connectivity index (χ3v) is 5.13. The molecule has 4 nitrogen and oxygen atoms in total. The smallest absolute Gasteiger partial charge is 0.169 e. The van der Waals surface area contributed by atoms with Crippen LogP contribution in [0.25, 0.3) is 10.9 Å². The van der Waals surface area contributed by atoms with Crippen molar-refractivity contribution >= 4 is 36.9 Å². The van der Waals surface area contributed by atoms with Crippen LogP contribution in [0.15, 0.2) is 12.3 Å². The number of aldehydes is 1. The fourth-order valence-corrected chi connectivity index (χ4v) is 2.90. The van der Waals surface area contributed by atoms with Crippen LogP contribution in [0.2, 0.25) is 30.8 Å². The summed E-state index contributed by atoms with van der Waals surface area (Å²) in [6, 6.07) is 2.54. The summed E-state index contributed by atoms with van der Waals surface area (Å²) in [6.07, 6.45) is 1.82. The van der Waals surface area contributed by atoms with Crippen LogP contribution < -0.4 is 0 Å². The minimum absolute atomic E-state index is 0.0397. The Kier molecular flexibility index (Phi) is 4.80. The Balaban J connectivity index is 2.25. The normalized spacial score (nSPS) is 12.0. The van der Waals surface area contributed by atoms with Crippen molar-refractivity contribution in [3.05, 3.63) is 28.9 Å². The summed E-state index contributed by atoms with van der Waals surface area (Å²) < 4.78 is 21.2. The van der Waals surface area contributed by atoms with E-state index in [0.29, 0.717) is 18.4 Å². The highest BCUT2D eigenvalue weighted by Gasteiger charge is 2.18. The molecular formula is C14H18ClFN2O2Si. The highest BCUT2D eigenvalue weighted by atomic mass is 35.5. The van der Waals surface area contributed by atoms with Crippen LogP contribution in [-0.2, 0) is 11.5 Å². The second-order valence-corrected chi connectivity index (χ2v) is 12.1. The van der Waals surface area contributed by atoms with Crippen molar-refractivity contribution in [2.45, 2.75) is 32.4 Å². The number of aromatic nitrogens is 2. The standard InChI is InChI=1S/C14H18ClFN2O2Si/c1-21(2,3)5-4-20-9-18-11-6-13(15)17-7-10(11)14(16)12(18)8-19/h6-8H,4-5,9H2,1-3H3. The van der Waals surface area contributed by atoms with E-state index in [0.717, 1.165) is 6.04 Å². The molecule has 0 amide bonds. The number of nitrogens with zero attached hydrogens (tertiary/aromatic N) is 2. The summed E-state index contributed by atoms with van der Waals surface area (Å²) in [5, 5.41) is 0.524. The average Bonchev–Trinajstić information content (AvgIpc) is 2.65. The van der Waals surface area contributed by atoms with Gasteiger partial charge in [0.15, 0.2) is 12.1 Å². The SMILES string of the molecule is C[Si](C)(C)CCOCn1c(C=O)c(F)c2cnc(Cl)cc21. The molecule has 2 aromatic heterocycles. The van der Waals surface area contributed by atoms with Crippen molar-refractivity contribution in [1.82, 2.24) is 9.55 Å². The van der Waals surface area contributed by atoms with Gasteiger partial charge in [-0.05, 0) is 12.1 Å². The highest BCUT2D eigenvalue weighted by Crippen LogP contribution is 2.25. The average molecular weight is 329 g/mol. The van der Waals surface area contributed by atoms with Gasteiger partial charge in [0.25, 0.3) is 0 Å². The van der Waals surface area contributed by atoms with Gasteiger partial charge in [0.1, 0.15) is 17.6 Å². The third kappa shape index (κ3) is 3.69. The van der Waals surface area contributed by atoms with Crippen LogP contribution in [0.1, 0.15) is 10.5 Å². The topological polar surface area (TPSA) is 44.1 Å². The molecule has 0 atom stereocenters.